The van der Waals surface area contributed by atoms with Crippen molar-refractivity contribution >= 4 is 15.7 Å². The number of benzene rings is 1. The molecule has 0 bridgehead atoms. The highest BCUT2D eigenvalue weighted by molar-refractivity contribution is 7.89. The van der Waals surface area contributed by atoms with Crippen LogP contribution >= 0.6 is 0 Å². The van der Waals surface area contributed by atoms with Gasteiger partial charge in [-0.2, -0.15) is 0 Å². The first-order valence-electron chi connectivity index (χ1n) is 5.36. The lowest BCUT2D eigenvalue weighted by Gasteiger charge is -2.06. The lowest BCUT2D eigenvalue weighted by molar-refractivity contribution is 0.515. The zero-order chi connectivity index (χ0) is 13.2. The second-order valence-corrected chi connectivity index (χ2v) is 5.51. The van der Waals surface area contributed by atoms with Crippen molar-refractivity contribution in [2.45, 2.75) is 18.4 Å². The van der Waals surface area contributed by atoms with Crippen molar-refractivity contribution in [2.75, 3.05) is 5.32 Å². The van der Waals surface area contributed by atoms with Crippen molar-refractivity contribution in [3.05, 3.63) is 47.9 Å². The Morgan fingerprint density at radius 2 is 2.11 bits per heavy atom. The van der Waals surface area contributed by atoms with Gasteiger partial charge in [-0.15, -0.1) is 0 Å². The van der Waals surface area contributed by atoms with E-state index in [0.29, 0.717) is 12.2 Å². The lowest BCUT2D eigenvalue weighted by Crippen LogP contribution is -2.12. The largest absolute Gasteiger partial charge is 0.467 e. The Hall–Kier alpha value is -1.79. The van der Waals surface area contributed by atoms with Crippen LogP contribution in [-0.4, -0.2) is 8.42 Å². The van der Waals surface area contributed by atoms with Crippen molar-refractivity contribution in [1.29, 1.82) is 0 Å². The van der Waals surface area contributed by atoms with E-state index in [1.807, 2.05) is 13.0 Å². The molecule has 0 fully saturated rings. The molecule has 0 atom stereocenters. The van der Waals surface area contributed by atoms with Gasteiger partial charge in [0.1, 0.15) is 5.76 Å². The zero-order valence-corrected chi connectivity index (χ0v) is 10.7. The standard InChI is InChI=1S/C12H14N2O3S/c1-9-5-6-17-12(9)8-14-10-3-2-4-11(7-10)18(13,15)16/h2-7,14H,8H2,1H3,(H2,13,15,16). The fraction of sp³-hybridized carbons (Fsp3) is 0.167. The van der Waals surface area contributed by atoms with Gasteiger partial charge in [-0.3, -0.25) is 0 Å². The molecule has 0 amide bonds. The smallest absolute Gasteiger partial charge is 0.238 e. The van der Waals surface area contributed by atoms with Crippen LogP contribution in [0.25, 0.3) is 0 Å². The Bertz CT molecular complexity index is 647. The fourth-order valence-corrected chi connectivity index (χ4v) is 2.11. The topological polar surface area (TPSA) is 85.3 Å². The molecule has 1 aromatic heterocycles. The van der Waals surface area contributed by atoms with E-state index in [0.717, 1.165) is 11.3 Å². The molecule has 2 aromatic rings. The predicted octanol–water partition coefficient (Wildman–Crippen LogP) is 1.85. The summed E-state index contributed by atoms with van der Waals surface area (Å²) in [6.07, 6.45) is 1.62. The third kappa shape index (κ3) is 2.91. The molecule has 6 heteroatoms. The van der Waals surface area contributed by atoms with Crippen LogP contribution in [0, 0.1) is 6.92 Å². The quantitative estimate of drug-likeness (QED) is 0.884. The van der Waals surface area contributed by atoms with Crippen LogP contribution in [0.4, 0.5) is 5.69 Å². The molecule has 0 saturated carbocycles. The molecule has 0 saturated heterocycles. The van der Waals surface area contributed by atoms with Gasteiger partial charge in [-0.1, -0.05) is 6.07 Å². The summed E-state index contributed by atoms with van der Waals surface area (Å²) < 4.78 is 27.7. The van der Waals surface area contributed by atoms with Gasteiger partial charge in [0, 0.05) is 5.69 Å². The van der Waals surface area contributed by atoms with Crippen LogP contribution in [0.3, 0.4) is 0 Å². The summed E-state index contributed by atoms with van der Waals surface area (Å²) in [6, 6.07) is 8.23. The average Bonchev–Trinajstić information content (AvgIpc) is 2.72. The first-order valence-corrected chi connectivity index (χ1v) is 6.91. The van der Waals surface area contributed by atoms with Crippen molar-refractivity contribution in [1.82, 2.24) is 0 Å². The van der Waals surface area contributed by atoms with E-state index in [1.165, 1.54) is 12.1 Å². The first-order chi connectivity index (χ1) is 8.47. The second-order valence-electron chi connectivity index (χ2n) is 3.95. The number of hydrogen-bond acceptors (Lipinski definition) is 4. The number of primary sulfonamides is 1. The van der Waals surface area contributed by atoms with E-state index in [2.05, 4.69) is 5.32 Å². The van der Waals surface area contributed by atoms with E-state index < -0.39 is 10.0 Å². The first kappa shape index (κ1) is 12.7. The highest BCUT2D eigenvalue weighted by Gasteiger charge is 2.08. The molecule has 0 aliphatic heterocycles. The summed E-state index contributed by atoms with van der Waals surface area (Å²) in [5, 5.41) is 8.15. The maximum atomic E-state index is 11.2. The van der Waals surface area contributed by atoms with Crippen LogP contribution in [0.15, 0.2) is 45.9 Å². The molecule has 0 spiro atoms. The Kier molecular flexibility index (Phi) is 3.40. The zero-order valence-electron chi connectivity index (χ0n) is 9.88. The van der Waals surface area contributed by atoms with Crippen LogP contribution in [-0.2, 0) is 16.6 Å². The molecule has 1 heterocycles. The Morgan fingerprint density at radius 1 is 1.33 bits per heavy atom. The summed E-state index contributed by atoms with van der Waals surface area (Å²) >= 11 is 0. The van der Waals surface area contributed by atoms with E-state index in [4.69, 9.17) is 9.56 Å². The van der Waals surface area contributed by atoms with E-state index in [1.54, 1.807) is 18.4 Å². The third-order valence-corrected chi connectivity index (χ3v) is 3.49. The van der Waals surface area contributed by atoms with Crippen molar-refractivity contribution in [2.24, 2.45) is 5.14 Å². The minimum absolute atomic E-state index is 0.0867. The predicted molar refractivity (Wildman–Crippen MR) is 68.6 cm³/mol. The molecule has 18 heavy (non-hydrogen) atoms. The normalized spacial score (nSPS) is 11.4. The van der Waals surface area contributed by atoms with Gasteiger partial charge in [0.2, 0.25) is 10.0 Å². The molecule has 0 aliphatic carbocycles. The Balaban J connectivity index is 2.13. The Labute approximate surface area is 106 Å². The summed E-state index contributed by atoms with van der Waals surface area (Å²) in [5.41, 5.74) is 1.72. The molecule has 0 aliphatic rings. The van der Waals surface area contributed by atoms with Crippen molar-refractivity contribution in [3.63, 3.8) is 0 Å². The van der Waals surface area contributed by atoms with Crippen LogP contribution in [0.5, 0.6) is 0 Å². The van der Waals surface area contributed by atoms with E-state index >= 15 is 0 Å². The monoisotopic (exact) mass is 266 g/mol. The molecule has 0 unspecified atom stereocenters. The van der Waals surface area contributed by atoms with Gasteiger partial charge in [-0.05, 0) is 36.8 Å². The average molecular weight is 266 g/mol. The number of sulfonamides is 1. The minimum atomic E-state index is -3.67. The van der Waals surface area contributed by atoms with E-state index in [9.17, 15) is 8.42 Å². The van der Waals surface area contributed by atoms with Crippen molar-refractivity contribution in [3.8, 4) is 0 Å². The summed E-state index contributed by atoms with van der Waals surface area (Å²) in [4.78, 5) is 0.0867. The number of anilines is 1. The highest BCUT2D eigenvalue weighted by atomic mass is 32.2. The number of nitrogens with two attached hydrogens (primary N) is 1. The van der Waals surface area contributed by atoms with Crippen molar-refractivity contribution < 1.29 is 12.8 Å². The molecule has 2 rings (SSSR count). The second kappa shape index (κ2) is 4.83. The number of rotatable bonds is 4. The molecule has 5 nitrogen and oxygen atoms in total. The number of aryl methyl sites for hydroxylation is 1. The summed E-state index contributed by atoms with van der Waals surface area (Å²) in [7, 11) is -3.67. The number of nitrogens with one attached hydrogen (secondary N) is 1. The molecule has 96 valence electrons. The molecule has 1 aromatic carbocycles. The lowest BCUT2D eigenvalue weighted by atomic mass is 10.2. The maximum Gasteiger partial charge on any atom is 0.238 e. The van der Waals surface area contributed by atoms with E-state index in [-0.39, 0.29) is 4.90 Å². The summed E-state index contributed by atoms with van der Waals surface area (Å²) in [6.45, 7) is 2.44. The number of hydrogen-bond donors (Lipinski definition) is 2. The Morgan fingerprint density at radius 3 is 2.72 bits per heavy atom. The van der Waals surface area contributed by atoms with Gasteiger partial charge in [0.15, 0.2) is 0 Å². The van der Waals surface area contributed by atoms with Gasteiger partial charge in [0.25, 0.3) is 0 Å². The molecular weight excluding hydrogens is 252 g/mol. The van der Waals surface area contributed by atoms with Gasteiger partial charge in [0.05, 0.1) is 17.7 Å². The minimum Gasteiger partial charge on any atom is -0.467 e. The molecule has 3 N–H and O–H groups in total. The maximum absolute atomic E-state index is 11.2. The van der Waals surface area contributed by atoms with Crippen LogP contribution in [0.2, 0.25) is 0 Å². The highest BCUT2D eigenvalue weighted by Crippen LogP contribution is 2.16. The van der Waals surface area contributed by atoms with Crippen LogP contribution in [0.1, 0.15) is 11.3 Å². The molecule has 0 radical (unpaired) electrons. The third-order valence-electron chi connectivity index (χ3n) is 2.58. The van der Waals surface area contributed by atoms with Gasteiger partial charge in [-0.25, -0.2) is 13.6 Å². The molecular formula is C12H14N2O3S. The van der Waals surface area contributed by atoms with Gasteiger partial charge >= 0.3 is 0 Å². The summed E-state index contributed by atoms with van der Waals surface area (Å²) in [5.74, 6) is 0.816. The SMILES string of the molecule is Cc1ccoc1CNc1cccc(S(N)(=O)=O)c1. The van der Waals surface area contributed by atoms with Gasteiger partial charge < -0.3 is 9.73 Å². The fourth-order valence-electron chi connectivity index (χ4n) is 1.55. The number of furan rings is 1. The van der Waals surface area contributed by atoms with Crippen LogP contribution < -0.4 is 10.5 Å².